The van der Waals surface area contributed by atoms with Crippen molar-refractivity contribution in [2.24, 2.45) is 0 Å². The molecular formula is C24H20ClNO3S. The van der Waals surface area contributed by atoms with Gasteiger partial charge in [0.05, 0.1) is 29.5 Å². The van der Waals surface area contributed by atoms with Gasteiger partial charge in [-0.2, -0.15) is 0 Å². The van der Waals surface area contributed by atoms with E-state index in [9.17, 15) is 8.42 Å². The summed E-state index contributed by atoms with van der Waals surface area (Å²) >= 11 is 6.13. The van der Waals surface area contributed by atoms with Crippen LogP contribution in [0.15, 0.2) is 77.9 Å². The second-order valence-corrected chi connectivity index (χ2v) is 8.60. The molecule has 3 aromatic rings. The summed E-state index contributed by atoms with van der Waals surface area (Å²) in [5.41, 5.74) is 3.48. The molecule has 152 valence electrons. The van der Waals surface area contributed by atoms with E-state index in [1.165, 1.54) is 0 Å². The van der Waals surface area contributed by atoms with Gasteiger partial charge in [0.25, 0.3) is 10.0 Å². The van der Waals surface area contributed by atoms with Crippen LogP contribution in [0.4, 0.5) is 5.69 Å². The largest absolute Gasteiger partial charge is 0.504 e. The van der Waals surface area contributed by atoms with Crippen LogP contribution < -0.4 is 4.72 Å². The van der Waals surface area contributed by atoms with Crippen molar-refractivity contribution in [3.63, 3.8) is 0 Å². The molecule has 0 aliphatic carbocycles. The highest BCUT2D eigenvalue weighted by Crippen LogP contribution is 2.23. The van der Waals surface area contributed by atoms with E-state index in [0.29, 0.717) is 16.3 Å². The standard InChI is InChI=1S/C24H20ClNO3S/c1-18-7-12-23(13-8-18)30(27,28)26-24-14-11-22(25)17-21(24)10-9-19-5-3-4-6-20(19)15-16-29-2/h3-8,11-17,26H,1-2H3/b16-15+. The molecule has 3 aromatic carbocycles. The molecule has 0 aliphatic heterocycles. The molecule has 0 saturated heterocycles. The lowest BCUT2D eigenvalue weighted by molar-refractivity contribution is 0.341. The molecule has 0 unspecified atom stereocenters. The van der Waals surface area contributed by atoms with E-state index in [2.05, 4.69) is 16.6 Å². The summed E-state index contributed by atoms with van der Waals surface area (Å²) in [6.07, 6.45) is 3.38. The van der Waals surface area contributed by atoms with Gasteiger partial charge in [0.2, 0.25) is 0 Å². The van der Waals surface area contributed by atoms with E-state index >= 15 is 0 Å². The van der Waals surface area contributed by atoms with Gasteiger partial charge in [-0.3, -0.25) is 4.72 Å². The van der Waals surface area contributed by atoms with Crippen molar-refractivity contribution in [3.05, 3.63) is 100 Å². The second-order valence-electron chi connectivity index (χ2n) is 6.48. The van der Waals surface area contributed by atoms with E-state index in [1.54, 1.807) is 55.8 Å². The maximum atomic E-state index is 12.8. The molecule has 0 saturated carbocycles. The number of methoxy groups -OCH3 is 1. The number of ether oxygens (including phenoxy) is 1. The summed E-state index contributed by atoms with van der Waals surface area (Å²) in [6.45, 7) is 1.90. The molecule has 0 bridgehead atoms. The molecule has 0 aromatic heterocycles. The van der Waals surface area contributed by atoms with Crippen LogP contribution >= 0.6 is 11.6 Å². The van der Waals surface area contributed by atoms with Crippen LogP contribution in [-0.2, 0) is 14.8 Å². The van der Waals surface area contributed by atoms with Crippen molar-refractivity contribution in [1.82, 2.24) is 0 Å². The van der Waals surface area contributed by atoms with Crippen molar-refractivity contribution in [1.29, 1.82) is 0 Å². The summed E-state index contributed by atoms with van der Waals surface area (Å²) in [7, 11) is -2.18. The quantitative estimate of drug-likeness (QED) is 0.425. The maximum absolute atomic E-state index is 12.8. The first-order valence-electron chi connectivity index (χ1n) is 9.08. The monoisotopic (exact) mass is 437 g/mol. The molecule has 0 amide bonds. The summed E-state index contributed by atoms with van der Waals surface area (Å²) in [6, 6.07) is 19.1. The van der Waals surface area contributed by atoms with Crippen molar-refractivity contribution in [2.75, 3.05) is 11.8 Å². The smallest absolute Gasteiger partial charge is 0.261 e. The Morgan fingerprint density at radius 3 is 2.40 bits per heavy atom. The van der Waals surface area contributed by atoms with Gasteiger partial charge < -0.3 is 4.74 Å². The predicted molar refractivity (Wildman–Crippen MR) is 122 cm³/mol. The van der Waals surface area contributed by atoms with Crippen LogP contribution in [0, 0.1) is 18.8 Å². The normalized spacial score (nSPS) is 11.0. The maximum Gasteiger partial charge on any atom is 0.261 e. The average Bonchev–Trinajstić information content (AvgIpc) is 2.73. The first-order valence-corrected chi connectivity index (χ1v) is 10.9. The molecule has 0 radical (unpaired) electrons. The van der Waals surface area contributed by atoms with E-state index in [1.807, 2.05) is 37.3 Å². The van der Waals surface area contributed by atoms with Gasteiger partial charge in [-0.15, -0.1) is 0 Å². The lowest BCUT2D eigenvalue weighted by Gasteiger charge is -2.10. The first-order chi connectivity index (χ1) is 14.4. The third-order valence-electron chi connectivity index (χ3n) is 4.23. The van der Waals surface area contributed by atoms with E-state index < -0.39 is 10.0 Å². The zero-order valence-corrected chi connectivity index (χ0v) is 18.1. The summed E-state index contributed by atoms with van der Waals surface area (Å²) in [4.78, 5) is 0.178. The molecule has 30 heavy (non-hydrogen) atoms. The lowest BCUT2D eigenvalue weighted by atomic mass is 10.1. The number of benzene rings is 3. The lowest BCUT2D eigenvalue weighted by Crippen LogP contribution is -2.13. The molecule has 0 atom stereocenters. The third kappa shape index (κ3) is 5.44. The van der Waals surface area contributed by atoms with Crippen LogP contribution in [0.3, 0.4) is 0 Å². The number of anilines is 1. The predicted octanol–water partition coefficient (Wildman–Crippen LogP) is 5.47. The van der Waals surface area contributed by atoms with E-state index in [4.69, 9.17) is 16.3 Å². The van der Waals surface area contributed by atoms with Crippen LogP contribution in [0.5, 0.6) is 0 Å². The Hall–Kier alpha value is -3.20. The fourth-order valence-corrected chi connectivity index (χ4v) is 3.91. The zero-order chi connectivity index (χ0) is 21.6. The molecule has 0 spiro atoms. The third-order valence-corrected chi connectivity index (χ3v) is 5.85. The fourth-order valence-electron chi connectivity index (χ4n) is 2.66. The van der Waals surface area contributed by atoms with Crippen molar-refractivity contribution < 1.29 is 13.2 Å². The molecule has 0 heterocycles. The number of aryl methyl sites for hydroxylation is 1. The SMILES string of the molecule is CO/C=C/c1ccccc1C#Cc1cc(Cl)ccc1NS(=O)(=O)c1ccc(C)cc1. The Morgan fingerprint density at radius 1 is 0.967 bits per heavy atom. The minimum absolute atomic E-state index is 0.178. The second kappa shape index (κ2) is 9.53. The molecule has 1 N–H and O–H groups in total. The summed E-state index contributed by atoms with van der Waals surface area (Å²) in [5.74, 6) is 6.12. The van der Waals surface area contributed by atoms with Gasteiger partial charge in [-0.05, 0) is 55.0 Å². The van der Waals surface area contributed by atoms with E-state index in [0.717, 1.165) is 16.7 Å². The number of sulfonamides is 1. The Balaban J connectivity index is 1.98. The number of hydrogen-bond donors (Lipinski definition) is 1. The fraction of sp³-hybridized carbons (Fsp3) is 0.0833. The van der Waals surface area contributed by atoms with Crippen LogP contribution in [-0.4, -0.2) is 15.5 Å². The highest BCUT2D eigenvalue weighted by molar-refractivity contribution is 7.92. The van der Waals surface area contributed by atoms with Crippen molar-refractivity contribution >= 4 is 33.4 Å². The summed E-state index contributed by atoms with van der Waals surface area (Å²) in [5, 5.41) is 0.463. The molecular weight excluding hydrogens is 418 g/mol. The molecule has 0 aliphatic rings. The Labute approximate surface area is 182 Å². The first kappa shape index (κ1) is 21.5. The van der Waals surface area contributed by atoms with Crippen LogP contribution in [0.2, 0.25) is 5.02 Å². The van der Waals surface area contributed by atoms with Gasteiger partial charge in [-0.1, -0.05) is 59.3 Å². The van der Waals surface area contributed by atoms with E-state index in [-0.39, 0.29) is 4.90 Å². The van der Waals surface area contributed by atoms with Crippen molar-refractivity contribution in [3.8, 4) is 11.8 Å². The van der Waals surface area contributed by atoms with Gasteiger partial charge >= 0.3 is 0 Å². The van der Waals surface area contributed by atoms with Crippen molar-refractivity contribution in [2.45, 2.75) is 11.8 Å². The number of hydrogen-bond acceptors (Lipinski definition) is 3. The molecule has 6 heteroatoms. The molecule has 0 fully saturated rings. The Bertz CT molecular complexity index is 1240. The Kier molecular flexibility index (Phi) is 6.83. The average molecular weight is 438 g/mol. The van der Waals surface area contributed by atoms with Crippen LogP contribution in [0.25, 0.3) is 6.08 Å². The Morgan fingerprint density at radius 2 is 1.67 bits per heavy atom. The number of nitrogens with one attached hydrogen (secondary N) is 1. The molecule has 3 rings (SSSR count). The van der Waals surface area contributed by atoms with Crippen LogP contribution in [0.1, 0.15) is 22.3 Å². The van der Waals surface area contributed by atoms with Gasteiger partial charge in [0.1, 0.15) is 0 Å². The van der Waals surface area contributed by atoms with Gasteiger partial charge in [-0.25, -0.2) is 8.42 Å². The minimum Gasteiger partial charge on any atom is -0.504 e. The van der Waals surface area contributed by atoms with Gasteiger partial charge in [0, 0.05) is 10.6 Å². The summed E-state index contributed by atoms with van der Waals surface area (Å²) < 4.78 is 33.2. The number of halogens is 1. The highest BCUT2D eigenvalue weighted by atomic mass is 35.5. The van der Waals surface area contributed by atoms with Gasteiger partial charge in [0.15, 0.2) is 0 Å². The topological polar surface area (TPSA) is 55.4 Å². The highest BCUT2D eigenvalue weighted by Gasteiger charge is 2.15. The zero-order valence-electron chi connectivity index (χ0n) is 16.5. The molecule has 4 nitrogen and oxygen atoms in total. The number of rotatable bonds is 5. The minimum atomic E-state index is -3.76.